The molecular weight excluding hydrogens is 253 g/mol. The van der Waals surface area contributed by atoms with Crippen LogP contribution in [0.1, 0.15) is 22.5 Å². The maximum absolute atomic E-state index is 13.0. The Morgan fingerprint density at radius 1 is 1.33 bits per heavy atom. The van der Waals surface area contributed by atoms with Crippen molar-refractivity contribution in [3.05, 3.63) is 35.0 Å². The third-order valence-electron chi connectivity index (χ3n) is 2.58. The number of aliphatic hydroxyl groups is 1. The first-order chi connectivity index (χ1) is 8.70. The van der Waals surface area contributed by atoms with Gasteiger partial charge in [0, 0.05) is 17.9 Å². The van der Waals surface area contributed by atoms with E-state index in [0.29, 0.717) is 17.8 Å². The Hall–Kier alpha value is -1.46. The smallest absolute Gasteiger partial charge is 0.261 e. The largest absolute Gasteiger partial charge is 0.396 e. The van der Waals surface area contributed by atoms with Crippen LogP contribution < -0.4 is 5.32 Å². The molecule has 96 valence electrons. The second-order valence-electron chi connectivity index (χ2n) is 3.98. The van der Waals surface area contributed by atoms with Gasteiger partial charge in [-0.25, -0.2) is 4.39 Å². The number of hydrogen-bond acceptors (Lipinski definition) is 3. The Balaban J connectivity index is 2.04. The molecule has 2 aromatic rings. The van der Waals surface area contributed by atoms with Gasteiger partial charge in [0.2, 0.25) is 0 Å². The maximum atomic E-state index is 13.0. The third-order valence-corrected chi connectivity index (χ3v) is 3.67. The normalized spacial score (nSPS) is 10.8. The molecule has 2 N–H and O–H groups in total. The van der Waals surface area contributed by atoms with Crippen molar-refractivity contribution in [1.82, 2.24) is 5.32 Å². The predicted octanol–water partition coefficient (Wildman–Crippen LogP) is 2.54. The summed E-state index contributed by atoms with van der Waals surface area (Å²) in [4.78, 5) is 12.4. The van der Waals surface area contributed by atoms with Crippen molar-refractivity contribution in [2.24, 2.45) is 0 Å². The molecule has 1 heterocycles. The van der Waals surface area contributed by atoms with E-state index in [2.05, 4.69) is 5.32 Å². The number of benzene rings is 1. The lowest BCUT2D eigenvalue weighted by atomic mass is 10.2. The molecule has 18 heavy (non-hydrogen) atoms. The number of aliphatic hydroxyl groups excluding tert-OH is 1. The quantitative estimate of drug-likeness (QED) is 0.818. The molecule has 0 radical (unpaired) electrons. The van der Waals surface area contributed by atoms with Crippen molar-refractivity contribution >= 4 is 27.3 Å². The van der Waals surface area contributed by atoms with Crippen LogP contribution in [0.5, 0.6) is 0 Å². The average Bonchev–Trinajstić information content (AvgIpc) is 2.77. The number of carbonyl (C=O) groups is 1. The molecule has 0 aliphatic rings. The molecule has 3 nitrogen and oxygen atoms in total. The van der Waals surface area contributed by atoms with E-state index in [1.54, 1.807) is 12.1 Å². The Bertz CT molecular complexity index is 553. The monoisotopic (exact) mass is 267 g/mol. The van der Waals surface area contributed by atoms with Crippen LogP contribution >= 0.6 is 11.3 Å². The minimum absolute atomic E-state index is 0.137. The van der Waals surface area contributed by atoms with Crippen LogP contribution in [0.15, 0.2) is 24.3 Å². The minimum Gasteiger partial charge on any atom is -0.396 e. The van der Waals surface area contributed by atoms with E-state index >= 15 is 0 Å². The number of amides is 1. The van der Waals surface area contributed by atoms with Gasteiger partial charge in [-0.2, -0.15) is 0 Å². The third kappa shape index (κ3) is 3.05. The molecule has 5 heteroatoms. The summed E-state index contributed by atoms with van der Waals surface area (Å²) in [6, 6.07) is 6.26. The number of hydrogen-bond donors (Lipinski definition) is 2. The highest BCUT2D eigenvalue weighted by molar-refractivity contribution is 7.20. The zero-order valence-corrected chi connectivity index (χ0v) is 10.6. The second kappa shape index (κ2) is 5.93. The lowest BCUT2D eigenvalue weighted by molar-refractivity contribution is 0.0956. The van der Waals surface area contributed by atoms with Crippen molar-refractivity contribution in [2.75, 3.05) is 13.2 Å². The molecule has 0 bridgehead atoms. The molecule has 1 amide bonds. The first-order valence-corrected chi connectivity index (χ1v) is 6.60. The van der Waals surface area contributed by atoms with E-state index in [9.17, 15) is 9.18 Å². The number of fused-ring (bicyclic) bond motifs is 1. The summed E-state index contributed by atoms with van der Waals surface area (Å²) in [5.74, 6) is -0.436. The highest BCUT2D eigenvalue weighted by Gasteiger charge is 2.09. The summed E-state index contributed by atoms with van der Waals surface area (Å²) in [6.07, 6.45) is 1.43. The second-order valence-corrected chi connectivity index (χ2v) is 5.06. The summed E-state index contributed by atoms with van der Waals surface area (Å²) >= 11 is 1.28. The maximum Gasteiger partial charge on any atom is 0.261 e. The van der Waals surface area contributed by atoms with Crippen LogP contribution in [0.3, 0.4) is 0 Å². The molecule has 0 saturated carbocycles. The van der Waals surface area contributed by atoms with E-state index in [1.165, 1.54) is 23.5 Å². The number of nitrogens with one attached hydrogen (secondary N) is 1. The Morgan fingerprint density at radius 3 is 2.94 bits per heavy atom. The number of halogens is 1. The van der Waals surface area contributed by atoms with Crippen molar-refractivity contribution in [3.8, 4) is 0 Å². The highest BCUT2D eigenvalue weighted by atomic mass is 32.1. The minimum atomic E-state index is -0.292. The van der Waals surface area contributed by atoms with Gasteiger partial charge in [-0.3, -0.25) is 4.79 Å². The summed E-state index contributed by atoms with van der Waals surface area (Å²) in [5.41, 5.74) is 0. The van der Waals surface area contributed by atoms with Crippen molar-refractivity contribution < 1.29 is 14.3 Å². The number of thiophene rings is 1. The van der Waals surface area contributed by atoms with Crippen LogP contribution in [0, 0.1) is 5.82 Å². The SMILES string of the molecule is O=C(NCCCCO)c1cc2ccc(F)cc2s1. The standard InChI is InChI=1S/C13H14FNO2S/c14-10-4-3-9-7-12(18-11(9)8-10)13(17)15-5-1-2-6-16/h3-4,7-8,16H,1-2,5-6H2,(H,15,17). The van der Waals surface area contributed by atoms with E-state index in [0.717, 1.165) is 16.5 Å². The molecule has 0 saturated heterocycles. The number of unbranched alkanes of at least 4 members (excludes halogenated alkanes) is 1. The van der Waals surface area contributed by atoms with Crippen molar-refractivity contribution in [3.63, 3.8) is 0 Å². The molecule has 1 aromatic carbocycles. The first kappa shape index (κ1) is 13.0. The van der Waals surface area contributed by atoms with Crippen molar-refractivity contribution in [1.29, 1.82) is 0 Å². The van der Waals surface area contributed by atoms with Crippen LogP contribution in [0.25, 0.3) is 10.1 Å². The van der Waals surface area contributed by atoms with E-state index < -0.39 is 0 Å². The summed E-state index contributed by atoms with van der Waals surface area (Å²) < 4.78 is 13.8. The zero-order chi connectivity index (χ0) is 13.0. The molecule has 2 rings (SSSR count). The van der Waals surface area contributed by atoms with Gasteiger partial charge in [-0.05, 0) is 36.4 Å². The van der Waals surface area contributed by atoms with E-state index in [4.69, 9.17) is 5.11 Å². The van der Waals surface area contributed by atoms with Crippen molar-refractivity contribution in [2.45, 2.75) is 12.8 Å². The van der Waals surface area contributed by atoms with Gasteiger partial charge >= 0.3 is 0 Å². The number of carbonyl (C=O) groups excluding carboxylic acids is 1. The van der Waals surface area contributed by atoms with Gasteiger partial charge in [0.1, 0.15) is 5.82 Å². The highest BCUT2D eigenvalue weighted by Crippen LogP contribution is 2.26. The van der Waals surface area contributed by atoms with Crippen LogP contribution in [-0.4, -0.2) is 24.2 Å². The lowest BCUT2D eigenvalue weighted by Crippen LogP contribution is -2.23. The van der Waals surface area contributed by atoms with Crippen LogP contribution in [0.2, 0.25) is 0 Å². The van der Waals surface area contributed by atoms with Gasteiger partial charge in [0.25, 0.3) is 5.91 Å². The summed E-state index contributed by atoms with van der Waals surface area (Å²) in [7, 11) is 0. The predicted molar refractivity (Wildman–Crippen MR) is 70.4 cm³/mol. The Morgan fingerprint density at radius 2 is 2.17 bits per heavy atom. The molecule has 0 unspecified atom stereocenters. The molecule has 0 spiro atoms. The molecule has 0 atom stereocenters. The number of rotatable bonds is 5. The zero-order valence-electron chi connectivity index (χ0n) is 9.78. The van der Waals surface area contributed by atoms with Crippen LogP contribution in [-0.2, 0) is 0 Å². The van der Waals surface area contributed by atoms with Gasteiger partial charge in [0.05, 0.1) is 4.88 Å². The first-order valence-electron chi connectivity index (χ1n) is 5.79. The van der Waals surface area contributed by atoms with Gasteiger partial charge in [0.15, 0.2) is 0 Å². The topological polar surface area (TPSA) is 49.3 Å². The molecule has 0 fully saturated rings. The molecule has 0 aliphatic heterocycles. The fourth-order valence-electron chi connectivity index (χ4n) is 1.64. The van der Waals surface area contributed by atoms with E-state index in [1.807, 2.05) is 0 Å². The Labute approximate surface area is 108 Å². The molecular formula is C13H14FNO2S. The van der Waals surface area contributed by atoms with E-state index in [-0.39, 0.29) is 18.3 Å². The molecule has 0 aliphatic carbocycles. The average molecular weight is 267 g/mol. The van der Waals surface area contributed by atoms with Gasteiger partial charge in [-0.15, -0.1) is 11.3 Å². The molecule has 1 aromatic heterocycles. The fraction of sp³-hybridized carbons (Fsp3) is 0.308. The fourth-order valence-corrected chi connectivity index (χ4v) is 2.65. The summed E-state index contributed by atoms with van der Waals surface area (Å²) in [5, 5.41) is 12.3. The summed E-state index contributed by atoms with van der Waals surface area (Å²) in [6.45, 7) is 0.681. The van der Waals surface area contributed by atoms with Crippen LogP contribution in [0.4, 0.5) is 4.39 Å². The van der Waals surface area contributed by atoms with Gasteiger partial charge < -0.3 is 10.4 Å². The van der Waals surface area contributed by atoms with Gasteiger partial charge in [-0.1, -0.05) is 6.07 Å². The lowest BCUT2D eigenvalue weighted by Gasteiger charge is -2.01. The Kier molecular flexibility index (Phi) is 4.28.